The predicted octanol–water partition coefficient (Wildman–Crippen LogP) is 3.29. The first-order chi connectivity index (χ1) is 17.6. The van der Waals surface area contributed by atoms with Gasteiger partial charge in [-0.15, -0.1) is 0 Å². The van der Waals surface area contributed by atoms with Crippen LogP contribution in [0.15, 0.2) is 65.6 Å². The average Bonchev–Trinajstić information content (AvgIpc) is 3.08. The molecule has 0 aliphatic carbocycles. The van der Waals surface area contributed by atoms with Gasteiger partial charge in [-0.3, -0.25) is 9.59 Å². The van der Waals surface area contributed by atoms with Crippen LogP contribution in [0.2, 0.25) is 0 Å². The zero-order valence-corrected chi connectivity index (χ0v) is 20.9. The molecule has 0 unspecified atom stereocenters. The van der Waals surface area contributed by atoms with Gasteiger partial charge < -0.3 is 10.6 Å². The zero-order valence-electron chi connectivity index (χ0n) is 20.1. The maximum absolute atomic E-state index is 13.8. The van der Waals surface area contributed by atoms with Crippen LogP contribution in [-0.2, 0) is 29.4 Å². The van der Waals surface area contributed by atoms with Gasteiger partial charge in [0.05, 0.1) is 5.56 Å². The van der Waals surface area contributed by atoms with Gasteiger partial charge in [-0.05, 0) is 66.3 Å². The fourth-order valence-electron chi connectivity index (χ4n) is 4.13. The smallest absolute Gasteiger partial charge is 0.266 e. The second kappa shape index (κ2) is 11.2. The standard InChI is InChI=1S/C27H26F2N3O4S/c1-2-17-4-3-5-18(10-17)16-30-9-8-23(13-19-11-21(28)15-22(29)12-19)31-26(33)20-6-7-24-25(14-20)37(35,36)32-27(24)34/h3-8,10-12,14-15,23,30H,2,9,13,16H2,1H3,(H,31,33)(H,32,34)/t23-/m0/s1. The molecule has 3 aromatic rings. The van der Waals surface area contributed by atoms with E-state index in [2.05, 4.69) is 29.7 Å². The monoisotopic (exact) mass is 526 g/mol. The molecule has 1 aliphatic heterocycles. The Labute approximate surface area is 214 Å². The van der Waals surface area contributed by atoms with E-state index in [0.29, 0.717) is 18.7 Å². The van der Waals surface area contributed by atoms with Crippen molar-refractivity contribution in [1.82, 2.24) is 15.4 Å². The van der Waals surface area contributed by atoms with Gasteiger partial charge in [0.25, 0.3) is 21.8 Å². The molecule has 0 bridgehead atoms. The molecule has 10 heteroatoms. The summed E-state index contributed by atoms with van der Waals surface area (Å²) in [6, 6.07) is 14.4. The summed E-state index contributed by atoms with van der Waals surface area (Å²) in [4.78, 5) is 24.5. The fourth-order valence-corrected chi connectivity index (χ4v) is 5.33. The Morgan fingerprint density at radius 1 is 1.00 bits per heavy atom. The summed E-state index contributed by atoms with van der Waals surface area (Å²) in [6.45, 7) is 3.05. The van der Waals surface area contributed by atoms with Gasteiger partial charge in [0.2, 0.25) is 0 Å². The summed E-state index contributed by atoms with van der Waals surface area (Å²) in [5, 5.41) is 6.06. The first kappa shape index (κ1) is 26.4. The van der Waals surface area contributed by atoms with Crippen molar-refractivity contribution in [2.75, 3.05) is 6.54 Å². The van der Waals surface area contributed by atoms with Crippen LogP contribution in [0.5, 0.6) is 0 Å². The van der Waals surface area contributed by atoms with Crippen LogP contribution in [0.3, 0.4) is 0 Å². The lowest BCUT2D eigenvalue weighted by Crippen LogP contribution is -2.39. The van der Waals surface area contributed by atoms with E-state index in [-0.39, 0.29) is 22.4 Å². The maximum atomic E-state index is 13.8. The van der Waals surface area contributed by atoms with Gasteiger partial charge in [-0.1, -0.05) is 31.2 Å². The average molecular weight is 527 g/mol. The fraction of sp³-hybridized carbons (Fsp3) is 0.222. The molecule has 193 valence electrons. The number of fused-ring (bicyclic) bond motifs is 1. The van der Waals surface area contributed by atoms with Crippen molar-refractivity contribution in [3.8, 4) is 0 Å². The topological polar surface area (TPSA) is 104 Å². The van der Waals surface area contributed by atoms with Crippen LogP contribution in [0, 0.1) is 18.1 Å². The minimum atomic E-state index is -4.03. The Bertz CT molecular complexity index is 1420. The highest BCUT2D eigenvalue weighted by atomic mass is 32.2. The lowest BCUT2D eigenvalue weighted by molar-refractivity contribution is 0.0938. The second-order valence-electron chi connectivity index (χ2n) is 8.75. The minimum absolute atomic E-state index is 0.0342. The van der Waals surface area contributed by atoms with Gasteiger partial charge in [-0.2, -0.15) is 0 Å². The summed E-state index contributed by atoms with van der Waals surface area (Å²) in [5.74, 6) is -2.80. The molecular formula is C27H26F2N3O4S. The number of hydrogen-bond donors (Lipinski definition) is 3. The first-order valence-corrected chi connectivity index (χ1v) is 13.2. The molecule has 0 saturated carbocycles. The number of halogens is 2. The number of nitrogens with one attached hydrogen (secondary N) is 3. The molecular weight excluding hydrogens is 500 g/mol. The highest BCUT2D eigenvalue weighted by molar-refractivity contribution is 7.90. The third-order valence-corrected chi connectivity index (χ3v) is 7.35. The van der Waals surface area contributed by atoms with Gasteiger partial charge in [0, 0.05) is 30.8 Å². The maximum Gasteiger partial charge on any atom is 0.266 e. The summed E-state index contributed by atoms with van der Waals surface area (Å²) in [6.07, 6.45) is 2.81. The van der Waals surface area contributed by atoms with E-state index in [1.165, 1.54) is 29.8 Å². The SMILES string of the molecule is CCc1cccc(CNC[CH][C@@H](Cc2cc(F)cc(F)c2)NC(=O)c2ccc3c(c2)S(=O)(=O)NC3=O)c1. The van der Waals surface area contributed by atoms with E-state index >= 15 is 0 Å². The van der Waals surface area contributed by atoms with Crippen molar-refractivity contribution in [3.63, 3.8) is 0 Å². The molecule has 1 atom stereocenters. The van der Waals surface area contributed by atoms with Crippen molar-refractivity contribution in [2.45, 2.75) is 37.2 Å². The van der Waals surface area contributed by atoms with Crippen molar-refractivity contribution >= 4 is 21.8 Å². The van der Waals surface area contributed by atoms with Gasteiger partial charge >= 0.3 is 0 Å². The lowest BCUT2D eigenvalue weighted by Gasteiger charge is -2.19. The molecule has 0 aromatic heterocycles. The molecule has 37 heavy (non-hydrogen) atoms. The lowest BCUT2D eigenvalue weighted by atomic mass is 10.0. The number of rotatable bonds is 10. The highest BCUT2D eigenvalue weighted by Crippen LogP contribution is 2.23. The van der Waals surface area contributed by atoms with Crippen LogP contribution in [0.4, 0.5) is 8.78 Å². The Balaban J connectivity index is 1.47. The predicted molar refractivity (Wildman–Crippen MR) is 134 cm³/mol. The normalized spacial score (nSPS) is 14.6. The summed E-state index contributed by atoms with van der Waals surface area (Å²) < 4.78 is 53.7. The largest absolute Gasteiger partial charge is 0.349 e. The van der Waals surface area contributed by atoms with E-state index in [1.54, 1.807) is 6.42 Å². The molecule has 0 fully saturated rings. The molecule has 0 saturated heterocycles. The quantitative estimate of drug-likeness (QED) is 0.352. The van der Waals surface area contributed by atoms with Crippen LogP contribution in [-0.4, -0.2) is 32.8 Å². The van der Waals surface area contributed by atoms with Crippen molar-refractivity contribution in [2.24, 2.45) is 0 Å². The number of sulfonamides is 1. The first-order valence-electron chi connectivity index (χ1n) is 11.7. The number of carbonyl (C=O) groups is 2. The van der Waals surface area contributed by atoms with Crippen LogP contribution in [0.25, 0.3) is 0 Å². The molecule has 0 spiro atoms. The van der Waals surface area contributed by atoms with Gasteiger partial charge in [0.15, 0.2) is 0 Å². The summed E-state index contributed by atoms with van der Waals surface area (Å²) in [7, 11) is -4.03. The second-order valence-corrected chi connectivity index (χ2v) is 10.4. The number of carbonyl (C=O) groups excluding carboxylic acids is 2. The van der Waals surface area contributed by atoms with E-state index in [1.807, 2.05) is 16.9 Å². The molecule has 1 heterocycles. The molecule has 7 nitrogen and oxygen atoms in total. The minimum Gasteiger partial charge on any atom is -0.349 e. The molecule has 1 aliphatic rings. The van der Waals surface area contributed by atoms with E-state index < -0.39 is 39.5 Å². The zero-order chi connectivity index (χ0) is 26.6. The van der Waals surface area contributed by atoms with Crippen LogP contribution >= 0.6 is 0 Å². The van der Waals surface area contributed by atoms with Gasteiger partial charge in [-0.25, -0.2) is 21.9 Å². The van der Waals surface area contributed by atoms with E-state index in [4.69, 9.17) is 0 Å². The number of benzene rings is 3. The van der Waals surface area contributed by atoms with Crippen molar-refractivity contribution in [3.05, 3.63) is 107 Å². The Morgan fingerprint density at radius 2 is 1.73 bits per heavy atom. The van der Waals surface area contributed by atoms with Crippen molar-refractivity contribution < 1.29 is 26.8 Å². The Kier molecular flexibility index (Phi) is 7.99. The number of hydrogen-bond acceptors (Lipinski definition) is 5. The summed E-state index contributed by atoms with van der Waals surface area (Å²) in [5.41, 5.74) is 2.66. The van der Waals surface area contributed by atoms with Crippen molar-refractivity contribution in [1.29, 1.82) is 0 Å². The molecule has 4 rings (SSSR count). The van der Waals surface area contributed by atoms with E-state index in [0.717, 1.165) is 24.1 Å². The number of aryl methyl sites for hydroxylation is 1. The Hall–Kier alpha value is -3.63. The summed E-state index contributed by atoms with van der Waals surface area (Å²) >= 11 is 0. The Morgan fingerprint density at radius 3 is 2.46 bits per heavy atom. The number of amides is 2. The molecule has 3 N–H and O–H groups in total. The van der Waals surface area contributed by atoms with Gasteiger partial charge in [0.1, 0.15) is 16.5 Å². The molecule has 2 amide bonds. The van der Waals surface area contributed by atoms with Crippen LogP contribution in [0.1, 0.15) is 44.3 Å². The molecule has 1 radical (unpaired) electrons. The third-order valence-electron chi connectivity index (χ3n) is 5.97. The van der Waals surface area contributed by atoms with Crippen LogP contribution < -0.4 is 15.4 Å². The highest BCUT2D eigenvalue weighted by Gasteiger charge is 2.33. The molecule has 3 aromatic carbocycles. The third kappa shape index (κ3) is 6.58. The van der Waals surface area contributed by atoms with E-state index in [9.17, 15) is 26.8 Å².